The number of carbonyl (C=O) groups excluding carboxylic acids is 3. The van der Waals surface area contributed by atoms with Crippen molar-refractivity contribution < 1.29 is 14.4 Å². The lowest BCUT2D eigenvalue weighted by atomic mass is 9.85. The Kier molecular flexibility index (Phi) is 5.64. The van der Waals surface area contributed by atoms with E-state index < -0.39 is 6.04 Å². The molecule has 3 amide bonds. The Morgan fingerprint density at radius 2 is 1.83 bits per heavy atom. The first-order valence-electron chi connectivity index (χ1n) is 10.3. The summed E-state index contributed by atoms with van der Waals surface area (Å²) in [5.41, 5.74) is 1.40. The van der Waals surface area contributed by atoms with Gasteiger partial charge in [-0.3, -0.25) is 19.3 Å². The normalized spacial score (nSPS) is 22.1. The second-order valence-corrected chi connectivity index (χ2v) is 8.85. The van der Waals surface area contributed by atoms with E-state index in [1.165, 1.54) is 4.90 Å². The third kappa shape index (κ3) is 3.86. The van der Waals surface area contributed by atoms with Gasteiger partial charge in [0.25, 0.3) is 0 Å². The number of aromatic nitrogens is 2. The molecule has 4 rings (SSSR count). The van der Waals surface area contributed by atoms with E-state index in [0.717, 1.165) is 5.65 Å². The molecule has 3 atom stereocenters. The SMILES string of the molecule is CC(C)CC(C(=O)NCc1cn2cc(Cl)ccc2n1)N1C(=O)C2CC=CCC2C1=O. The van der Waals surface area contributed by atoms with E-state index in [4.69, 9.17) is 11.6 Å². The molecule has 1 fully saturated rings. The average Bonchev–Trinajstić information content (AvgIpc) is 3.23. The largest absolute Gasteiger partial charge is 0.349 e. The molecule has 2 aromatic rings. The summed E-state index contributed by atoms with van der Waals surface area (Å²) >= 11 is 6.01. The molecule has 7 nitrogen and oxygen atoms in total. The maximum absolute atomic E-state index is 13.1. The van der Waals surface area contributed by atoms with Crippen LogP contribution in [0.1, 0.15) is 38.8 Å². The highest BCUT2D eigenvalue weighted by atomic mass is 35.5. The van der Waals surface area contributed by atoms with Crippen molar-refractivity contribution in [3.05, 3.63) is 47.4 Å². The predicted molar refractivity (Wildman–Crippen MR) is 112 cm³/mol. The van der Waals surface area contributed by atoms with Gasteiger partial charge in [0.15, 0.2) is 0 Å². The molecule has 1 aliphatic carbocycles. The minimum Gasteiger partial charge on any atom is -0.349 e. The molecule has 0 bridgehead atoms. The first-order valence-corrected chi connectivity index (χ1v) is 10.7. The molecule has 1 N–H and O–H groups in total. The highest BCUT2D eigenvalue weighted by Gasteiger charge is 2.51. The van der Waals surface area contributed by atoms with E-state index in [1.807, 2.05) is 26.0 Å². The summed E-state index contributed by atoms with van der Waals surface area (Å²) in [6, 6.07) is 2.75. The van der Waals surface area contributed by atoms with Crippen molar-refractivity contribution in [1.29, 1.82) is 0 Å². The first kappa shape index (κ1) is 20.6. The van der Waals surface area contributed by atoms with Crippen LogP contribution in [-0.4, -0.2) is 38.0 Å². The molecular formula is C22H25ClN4O3. The van der Waals surface area contributed by atoms with E-state index in [9.17, 15) is 14.4 Å². The number of imide groups is 1. The van der Waals surface area contributed by atoms with Crippen molar-refractivity contribution in [2.24, 2.45) is 17.8 Å². The third-order valence-electron chi connectivity index (χ3n) is 5.76. The standard InChI is InChI=1S/C22H25ClN4O3/c1-13(2)9-18(27-21(29)16-5-3-4-6-17(16)22(27)30)20(28)24-10-15-12-26-11-14(23)7-8-19(26)25-15/h3-4,7-8,11-13,16-18H,5-6,9-10H2,1-2H3,(H,24,28). The second-order valence-electron chi connectivity index (χ2n) is 8.41. The van der Waals surface area contributed by atoms with Gasteiger partial charge in [-0.15, -0.1) is 0 Å². The number of imidazole rings is 1. The highest BCUT2D eigenvalue weighted by Crippen LogP contribution is 2.37. The summed E-state index contributed by atoms with van der Waals surface area (Å²) < 4.78 is 1.79. The Morgan fingerprint density at radius 1 is 1.17 bits per heavy atom. The minimum atomic E-state index is -0.804. The number of pyridine rings is 1. The Labute approximate surface area is 180 Å². The van der Waals surface area contributed by atoms with Crippen LogP contribution in [0.5, 0.6) is 0 Å². The average molecular weight is 429 g/mol. The monoisotopic (exact) mass is 428 g/mol. The molecule has 0 radical (unpaired) electrons. The number of halogens is 1. The van der Waals surface area contributed by atoms with Crippen LogP contribution in [0.3, 0.4) is 0 Å². The van der Waals surface area contributed by atoms with Gasteiger partial charge in [-0.05, 0) is 37.3 Å². The number of likely N-dealkylation sites (tertiary alicyclic amines) is 1. The van der Waals surface area contributed by atoms with Crippen LogP contribution in [0.2, 0.25) is 5.02 Å². The summed E-state index contributed by atoms with van der Waals surface area (Å²) in [5.74, 6) is -1.30. The molecule has 158 valence electrons. The van der Waals surface area contributed by atoms with Crippen LogP contribution in [-0.2, 0) is 20.9 Å². The molecule has 0 spiro atoms. The zero-order valence-corrected chi connectivity index (χ0v) is 17.8. The van der Waals surface area contributed by atoms with Gasteiger partial charge in [0.1, 0.15) is 11.7 Å². The zero-order chi connectivity index (χ0) is 21.4. The fraction of sp³-hybridized carbons (Fsp3) is 0.455. The number of hydrogen-bond acceptors (Lipinski definition) is 4. The van der Waals surface area contributed by atoms with E-state index in [-0.39, 0.29) is 42.0 Å². The smallest absolute Gasteiger partial charge is 0.243 e. The molecule has 2 aromatic heterocycles. The molecule has 2 aliphatic rings. The van der Waals surface area contributed by atoms with Crippen LogP contribution in [0.4, 0.5) is 0 Å². The lowest BCUT2D eigenvalue weighted by molar-refractivity contribution is -0.148. The number of amides is 3. The molecule has 1 aliphatic heterocycles. The van der Waals surface area contributed by atoms with Gasteiger partial charge in [-0.2, -0.15) is 0 Å². The molecule has 30 heavy (non-hydrogen) atoms. The minimum absolute atomic E-state index is 0.152. The van der Waals surface area contributed by atoms with E-state index in [0.29, 0.717) is 30.0 Å². The number of nitrogens with zero attached hydrogens (tertiary/aromatic N) is 3. The van der Waals surface area contributed by atoms with Gasteiger partial charge < -0.3 is 9.72 Å². The van der Waals surface area contributed by atoms with Crippen LogP contribution in [0.15, 0.2) is 36.7 Å². The molecule has 1 saturated heterocycles. The quantitative estimate of drug-likeness (QED) is 0.566. The number of allylic oxidation sites excluding steroid dienone is 2. The van der Waals surface area contributed by atoms with Gasteiger partial charge in [-0.1, -0.05) is 37.6 Å². The molecule has 8 heteroatoms. The lowest BCUT2D eigenvalue weighted by Crippen LogP contribution is -2.50. The molecule has 0 saturated carbocycles. The van der Waals surface area contributed by atoms with Gasteiger partial charge in [-0.25, -0.2) is 4.98 Å². The lowest BCUT2D eigenvalue weighted by Gasteiger charge is -2.27. The van der Waals surface area contributed by atoms with Crippen molar-refractivity contribution in [3.63, 3.8) is 0 Å². The van der Waals surface area contributed by atoms with E-state index in [2.05, 4.69) is 10.3 Å². The van der Waals surface area contributed by atoms with Crippen molar-refractivity contribution in [3.8, 4) is 0 Å². The second kappa shape index (κ2) is 8.22. The number of rotatable bonds is 6. The summed E-state index contributed by atoms with van der Waals surface area (Å²) in [5, 5.41) is 3.46. The van der Waals surface area contributed by atoms with Gasteiger partial charge in [0.05, 0.1) is 29.1 Å². The highest BCUT2D eigenvalue weighted by molar-refractivity contribution is 6.30. The maximum Gasteiger partial charge on any atom is 0.243 e. The first-order chi connectivity index (χ1) is 14.3. The predicted octanol–water partition coefficient (Wildman–Crippen LogP) is 2.97. The van der Waals surface area contributed by atoms with Crippen LogP contribution in [0, 0.1) is 17.8 Å². The molecule has 3 heterocycles. The van der Waals surface area contributed by atoms with Crippen molar-refractivity contribution in [2.75, 3.05) is 0 Å². The van der Waals surface area contributed by atoms with Gasteiger partial charge in [0, 0.05) is 12.4 Å². The Morgan fingerprint density at radius 3 is 2.47 bits per heavy atom. The molecular weight excluding hydrogens is 404 g/mol. The van der Waals surface area contributed by atoms with Crippen molar-refractivity contribution >= 4 is 35.0 Å². The fourth-order valence-corrected chi connectivity index (χ4v) is 4.48. The summed E-state index contributed by atoms with van der Waals surface area (Å²) in [6.45, 7) is 4.16. The van der Waals surface area contributed by atoms with Crippen molar-refractivity contribution in [2.45, 2.75) is 45.7 Å². The fourth-order valence-electron chi connectivity index (χ4n) is 4.31. The third-order valence-corrected chi connectivity index (χ3v) is 5.98. The number of carbonyl (C=O) groups is 3. The van der Waals surface area contributed by atoms with Crippen LogP contribution >= 0.6 is 11.6 Å². The zero-order valence-electron chi connectivity index (χ0n) is 17.0. The number of hydrogen-bond donors (Lipinski definition) is 1. The maximum atomic E-state index is 13.1. The Bertz CT molecular complexity index is 1000. The van der Waals surface area contributed by atoms with Crippen LogP contribution < -0.4 is 5.32 Å². The topological polar surface area (TPSA) is 83.8 Å². The van der Waals surface area contributed by atoms with Gasteiger partial charge in [0.2, 0.25) is 17.7 Å². The van der Waals surface area contributed by atoms with Gasteiger partial charge >= 0.3 is 0 Å². The number of nitrogens with one attached hydrogen (secondary N) is 1. The summed E-state index contributed by atoms with van der Waals surface area (Å²) in [4.78, 5) is 44.7. The Hall–Kier alpha value is -2.67. The van der Waals surface area contributed by atoms with Crippen molar-refractivity contribution in [1.82, 2.24) is 19.6 Å². The summed E-state index contributed by atoms with van der Waals surface area (Å²) in [6.07, 6.45) is 8.99. The molecule has 0 aromatic carbocycles. The number of fused-ring (bicyclic) bond motifs is 2. The van der Waals surface area contributed by atoms with E-state index in [1.54, 1.807) is 28.9 Å². The molecule has 3 unspecified atom stereocenters. The van der Waals surface area contributed by atoms with Crippen LogP contribution in [0.25, 0.3) is 5.65 Å². The van der Waals surface area contributed by atoms with E-state index >= 15 is 0 Å². The summed E-state index contributed by atoms with van der Waals surface area (Å²) in [7, 11) is 0. The Balaban J connectivity index is 1.50.